The maximum Gasteiger partial charge on any atom is 0.173 e. The zero-order valence-corrected chi connectivity index (χ0v) is 10.9. The van der Waals surface area contributed by atoms with Crippen LogP contribution in [0.5, 0.6) is 5.75 Å². The molecule has 1 N–H and O–H groups in total. The van der Waals surface area contributed by atoms with Crippen LogP contribution in [0.4, 0.5) is 0 Å². The smallest absolute Gasteiger partial charge is 0.173 e. The topological polar surface area (TPSA) is 64.9 Å². The molecule has 1 aliphatic heterocycles. The van der Waals surface area contributed by atoms with Gasteiger partial charge < -0.3 is 10.1 Å². The highest BCUT2D eigenvalue weighted by molar-refractivity contribution is 5.37. The Kier molecular flexibility index (Phi) is 3.41. The van der Waals surface area contributed by atoms with Crippen LogP contribution in [0.2, 0.25) is 0 Å². The molecule has 2 aromatic rings. The van der Waals surface area contributed by atoms with Gasteiger partial charge in [-0.2, -0.15) is 4.68 Å². The average molecular weight is 259 g/mol. The summed E-state index contributed by atoms with van der Waals surface area (Å²) in [5.74, 6) is 1.74. The second kappa shape index (κ2) is 5.36. The van der Waals surface area contributed by atoms with E-state index in [1.54, 1.807) is 4.68 Å². The van der Waals surface area contributed by atoms with Crippen LogP contribution in [-0.4, -0.2) is 33.4 Å². The van der Waals surface area contributed by atoms with E-state index in [0.717, 1.165) is 30.2 Å². The van der Waals surface area contributed by atoms with Gasteiger partial charge in [-0.3, -0.25) is 0 Å². The first-order valence-electron chi connectivity index (χ1n) is 6.63. The van der Waals surface area contributed by atoms with Gasteiger partial charge in [0.2, 0.25) is 0 Å². The monoisotopic (exact) mass is 259 g/mol. The lowest BCUT2D eigenvalue weighted by Gasteiger charge is -2.10. The van der Waals surface area contributed by atoms with E-state index >= 15 is 0 Å². The second-order valence-corrected chi connectivity index (χ2v) is 4.52. The number of hydrogen-bond acceptors (Lipinski definition) is 5. The molecule has 100 valence electrons. The van der Waals surface area contributed by atoms with Gasteiger partial charge in [-0.1, -0.05) is 0 Å². The third-order valence-electron chi connectivity index (χ3n) is 3.26. The van der Waals surface area contributed by atoms with Crippen molar-refractivity contribution in [3.05, 3.63) is 30.1 Å². The summed E-state index contributed by atoms with van der Waals surface area (Å²) in [5, 5.41) is 15.4. The number of hydrogen-bond donors (Lipinski definition) is 1. The molecule has 19 heavy (non-hydrogen) atoms. The largest absolute Gasteiger partial charge is 0.494 e. The maximum atomic E-state index is 5.43. The molecule has 2 heterocycles. The second-order valence-electron chi connectivity index (χ2n) is 4.52. The summed E-state index contributed by atoms with van der Waals surface area (Å²) in [4.78, 5) is 0. The number of benzene rings is 1. The molecule has 1 aromatic carbocycles. The predicted octanol–water partition coefficient (Wildman–Crippen LogP) is 1.49. The Balaban J connectivity index is 1.87. The number of nitrogens with one attached hydrogen (secondary N) is 1. The Morgan fingerprint density at radius 3 is 2.89 bits per heavy atom. The van der Waals surface area contributed by atoms with Crippen molar-refractivity contribution >= 4 is 0 Å². The minimum atomic E-state index is 0.251. The molecule has 0 aliphatic carbocycles. The van der Waals surface area contributed by atoms with E-state index in [-0.39, 0.29) is 6.04 Å². The Morgan fingerprint density at radius 1 is 1.37 bits per heavy atom. The third kappa shape index (κ3) is 2.44. The lowest BCUT2D eigenvalue weighted by Crippen LogP contribution is -2.18. The Hall–Kier alpha value is -1.95. The third-order valence-corrected chi connectivity index (χ3v) is 3.26. The summed E-state index contributed by atoms with van der Waals surface area (Å²) in [6.45, 7) is 3.67. The lowest BCUT2D eigenvalue weighted by atomic mass is 10.2. The van der Waals surface area contributed by atoms with Crippen molar-refractivity contribution in [3.63, 3.8) is 0 Å². The molecule has 6 nitrogen and oxygen atoms in total. The Labute approximate surface area is 111 Å². The van der Waals surface area contributed by atoms with Gasteiger partial charge in [0.15, 0.2) is 5.82 Å². The van der Waals surface area contributed by atoms with Gasteiger partial charge >= 0.3 is 0 Å². The van der Waals surface area contributed by atoms with Crippen LogP contribution in [-0.2, 0) is 0 Å². The van der Waals surface area contributed by atoms with E-state index in [4.69, 9.17) is 4.74 Å². The van der Waals surface area contributed by atoms with Crippen molar-refractivity contribution < 1.29 is 4.74 Å². The first-order valence-corrected chi connectivity index (χ1v) is 6.63. The van der Waals surface area contributed by atoms with E-state index in [2.05, 4.69) is 20.8 Å². The fourth-order valence-electron chi connectivity index (χ4n) is 2.35. The van der Waals surface area contributed by atoms with E-state index in [1.165, 1.54) is 6.42 Å². The van der Waals surface area contributed by atoms with Gasteiger partial charge in [0, 0.05) is 0 Å². The van der Waals surface area contributed by atoms with Crippen LogP contribution in [0.3, 0.4) is 0 Å². The first-order chi connectivity index (χ1) is 9.38. The quantitative estimate of drug-likeness (QED) is 0.901. The van der Waals surface area contributed by atoms with Crippen molar-refractivity contribution in [1.82, 2.24) is 25.5 Å². The van der Waals surface area contributed by atoms with Gasteiger partial charge in [-0.05, 0) is 61.0 Å². The van der Waals surface area contributed by atoms with E-state index in [1.807, 2.05) is 31.2 Å². The SMILES string of the molecule is CCOc1ccc(-n2nnnc2C2CCCN2)cc1. The molecule has 1 aliphatic rings. The van der Waals surface area contributed by atoms with Crippen LogP contribution >= 0.6 is 0 Å². The molecule has 0 spiro atoms. The fraction of sp³-hybridized carbons (Fsp3) is 0.462. The molecule has 0 saturated carbocycles. The zero-order valence-electron chi connectivity index (χ0n) is 10.9. The molecular formula is C13H17N5O. The summed E-state index contributed by atoms with van der Waals surface area (Å²) in [6.07, 6.45) is 2.25. The predicted molar refractivity (Wildman–Crippen MR) is 70.3 cm³/mol. The lowest BCUT2D eigenvalue weighted by molar-refractivity contribution is 0.340. The van der Waals surface area contributed by atoms with Gasteiger partial charge in [-0.15, -0.1) is 5.10 Å². The molecule has 1 saturated heterocycles. The molecule has 1 unspecified atom stereocenters. The van der Waals surface area contributed by atoms with E-state index < -0.39 is 0 Å². The zero-order chi connectivity index (χ0) is 13.1. The molecule has 6 heteroatoms. The van der Waals surface area contributed by atoms with Crippen molar-refractivity contribution in [2.45, 2.75) is 25.8 Å². The van der Waals surface area contributed by atoms with Crippen LogP contribution < -0.4 is 10.1 Å². The van der Waals surface area contributed by atoms with Gasteiger partial charge in [0.05, 0.1) is 18.3 Å². The van der Waals surface area contributed by atoms with Gasteiger partial charge in [0.25, 0.3) is 0 Å². The van der Waals surface area contributed by atoms with Crippen LogP contribution in [0, 0.1) is 0 Å². The van der Waals surface area contributed by atoms with Crippen LogP contribution in [0.15, 0.2) is 24.3 Å². The minimum Gasteiger partial charge on any atom is -0.494 e. The number of nitrogens with zero attached hydrogens (tertiary/aromatic N) is 4. The van der Waals surface area contributed by atoms with Gasteiger partial charge in [-0.25, -0.2) is 0 Å². The number of aromatic nitrogens is 4. The van der Waals surface area contributed by atoms with E-state index in [0.29, 0.717) is 6.61 Å². The number of ether oxygens (including phenoxy) is 1. The fourth-order valence-corrected chi connectivity index (χ4v) is 2.35. The highest BCUT2D eigenvalue weighted by Gasteiger charge is 2.22. The molecule has 0 bridgehead atoms. The van der Waals surface area contributed by atoms with Crippen LogP contribution in [0.25, 0.3) is 5.69 Å². The van der Waals surface area contributed by atoms with Crippen molar-refractivity contribution in [2.24, 2.45) is 0 Å². The molecule has 1 atom stereocenters. The molecule has 1 aromatic heterocycles. The standard InChI is InChI=1S/C13H17N5O/c1-2-19-11-7-5-10(6-8-11)18-13(15-16-17-18)12-4-3-9-14-12/h5-8,12,14H,2-4,9H2,1H3. The average Bonchev–Trinajstić information content (AvgIpc) is 3.11. The van der Waals surface area contributed by atoms with Crippen molar-refractivity contribution in [3.8, 4) is 11.4 Å². The molecule has 1 fully saturated rings. The molecule has 0 radical (unpaired) electrons. The van der Waals surface area contributed by atoms with E-state index in [9.17, 15) is 0 Å². The summed E-state index contributed by atoms with van der Waals surface area (Å²) in [7, 11) is 0. The van der Waals surface area contributed by atoms with Gasteiger partial charge in [0.1, 0.15) is 5.75 Å². The summed E-state index contributed by atoms with van der Waals surface area (Å²) in [5.41, 5.74) is 0.956. The summed E-state index contributed by atoms with van der Waals surface area (Å²) in [6, 6.07) is 8.07. The van der Waals surface area contributed by atoms with Crippen LogP contribution in [0.1, 0.15) is 31.6 Å². The number of rotatable bonds is 4. The molecular weight excluding hydrogens is 242 g/mol. The van der Waals surface area contributed by atoms with Crippen molar-refractivity contribution in [2.75, 3.05) is 13.2 Å². The minimum absolute atomic E-state index is 0.251. The summed E-state index contributed by atoms with van der Waals surface area (Å²) >= 11 is 0. The summed E-state index contributed by atoms with van der Waals surface area (Å²) < 4.78 is 7.23. The highest BCUT2D eigenvalue weighted by atomic mass is 16.5. The molecule has 3 rings (SSSR count). The Bertz CT molecular complexity index is 530. The normalized spacial score (nSPS) is 18.7. The highest BCUT2D eigenvalue weighted by Crippen LogP contribution is 2.23. The Morgan fingerprint density at radius 2 is 2.21 bits per heavy atom. The first kappa shape index (κ1) is 12.1. The molecule has 0 amide bonds. The maximum absolute atomic E-state index is 5.43. The van der Waals surface area contributed by atoms with Crippen molar-refractivity contribution in [1.29, 1.82) is 0 Å². The number of tetrazole rings is 1.